The van der Waals surface area contributed by atoms with Crippen LogP contribution in [0, 0.1) is 0 Å². The van der Waals surface area contributed by atoms with Crippen LogP contribution in [0.15, 0.2) is 24.3 Å². The van der Waals surface area contributed by atoms with Gasteiger partial charge in [0.2, 0.25) is 0 Å². The predicted octanol–water partition coefficient (Wildman–Crippen LogP) is 4.55. The minimum Gasteiger partial charge on any atom is -0.411 e. The van der Waals surface area contributed by atoms with Crippen molar-refractivity contribution in [3.63, 3.8) is 0 Å². The highest BCUT2D eigenvalue weighted by Gasteiger charge is 2.21. The minimum absolute atomic E-state index is 0.103. The van der Waals surface area contributed by atoms with Gasteiger partial charge in [0.15, 0.2) is 0 Å². The van der Waals surface area contributed by atoms with E-state index in [2.05, 4.69) is 75.6 Å². The summed E-state index contributed by atoms with van der Waals surface area (Å²) in [5, 5.41) is 0. The van der Waals surface area contributed by atoms with E-state index in [-0.39, 0.29) is 11.1 Å². The maximum atomic E-state index is 5.25. The van der Waals surface area contributed by atoms with Crippen LogP contribution in [0.5, 0.6) is 0 Å². The molecule has 1 aromatic rings. The molecule has 0 unspecified atom stereocenters. The van der Waals surface area contributed by atoms with Gasteiger partial charge in [-0.25, -0.2) is 0 Å². The van der Waals surface area contributed by atoms with Crippen molar-refractivity contribution in [3.8, 4) is 0 Å². The SMILES string of the molecule is CC(C)(C)N(Cc1cccc(CN(C(=S)[S-])C(C)(C)C)c1)C(=S)[S-]. The van der Waals surface area contributed by atoms with Crippen molar-refractivity contribution in [1.82, 2.24) is 9.80 Å². The summed E-state index contributed by atoms with van der Waals surface area (Å²) in [7, 11) is 0. The summed E-state index contributed by atoms with van der Waals surface area (Å²) >= 11 is 21.0. The largest absolute Gasteiger partial charge is 0.411 e. The van der Waals surface area contributed by atoms with E-state index in [0.29, 0.717) is 21.7 Å². The lowest BCUT2D eigenvalue weighted by atomic mass is 10.0. The van der Waals surface area contributed by atoms with Gasteiger partial charge in [-0.1, -0.05) is 32.9 Å². The Morgan fingerprint density at radius 2 is 1.17 bits per heavy atom. The second-order valence-electron chi connectivity index (χ2n) is 7.87. The smallest absolute Gasteiger partial charge is 0.0419 e. The molecular weight excluding hydrogens is 372 g/mol. The molecule has 1 rings (SSSR count). The summed E-state index contributed by atoms with van der Waals surface area (Å²) < 4.78 is 0.993. The van der Waals surface area contributed by atoms with E-state index >= 15 is 0 Å². The lowest BCUT2D eigenvalue weighted by Gasteiger charge is -2.41. The number of rotatable bonds is 4. The van der Waals surface area contributed by atoms with E-state index in [1.165, 1.54) is 11.1 Å². The first-order chi connectivity index (χ1) is 10.8. The highest BCUT2D eigenvalue weighted by Crippen LogP contribution is 2.21. The Hall–Kier alpha value is -0.560. The average Bonchev–Trinajstić information content (AvgIpc) is 2.39. The molecule has 0 aromatic heterocycles. The molecule has 0 aliphatic carbocycles. The fraction of sp³-hybridized carbons (Fsp3) is 0.556. The first-order valence-electron chi connectivity index (χ1n) is 7.87. The fourth-order valence-corrected chi connectivity index (χ4v) is 3.70. The van der Waals surface area contributed by atoms with Crippen LogP contribution in [-0.2, 0) is 38.3 Å². The molecule has 0 bridgehead atoms. The van der Waals surface area contributed by atoms with Crippen LogP contribution in [0.2, 0.25) is 0 Å². The molecule has 6 heteroatoms. The van der Waals surface area contributed by atoms with Crippen molar-refractivity contribution in [2.24, 2.45) is 0 Å². The zero-order chi connectivity index (χ0) is 18.7. The molecule has 0 saturated heterocycles. The maximum absolute atomic E-state index is 5.25. The van der Waals surface area contributed by atoms with Gasteiger partial charge >= 0.3 is 0 Å². The Kier molecular flexibility index (Phi) is 7.35. The Morgan fingerprint density at radius 3 is 1.42 bits per heavy atom. The minimum atomic E-state index is -0.103. The lowest BCUT2D eigenvalue weighted by Crippen LogP contribution is -2.44. The molecular formula is C18H26N2S4-2. The second-order valence-corrected chi connectivity index (χ2v) is 9.93. The van der Waals surface area contributed by atoms with Crippen LogP contribution in [0.25, 0.3) is 0 Å². The van der Waals surface area contributed by atoms with Gasteiger partial charge in [0.05, 0.1) is 0 Å². The molecule has 1 aromatic carbocycles. The molecule has 0 N–H and O–H groups in total. The maximum Gasteiger partial charge on any atom is 0.0419 e. The quantitative estimate of drug-likeness (QED) is 0.538. The average molecular weight is 399 g/mol. The van der Waals surface area contributed by atoms with Crippen LogP contribution in [0.1, 0.15) is 52.7 Å². The molecule has 2 nitrogen and oxygen atoms in total. The molecule has 0 heterocycles. The van der Waals surface area contributed by atoms with Crippen molar-refractivity contribution < 1.29 is 0 Å². The predicted molar refractivity (Wildman–Crippen MR) is 117 cm³/mol. The van der Waals surface area contributed by atoms with Crippen LogP contribution >= 0.6 is 24.4 Å². The second kappa shape index (κ2) is 8.21. The first kappa shape index (κ1) is 21.5. The number of thiocarbonyl (C=S) groups is 2. The summed E-state index contributed by atoms with van der Waals surface area (Å²) in [6, 6.07) is 8.44. The van der Waals surface area contributed by atoms with Crippen molar-refractivity contribution in [3.05, 3.63) is 35.4 Å². The highest BCUT2D eigenvalue weighted by atomic mass is 32.1. The van der Waals surface area contributed by atoms with E-state index in [1.807, 2.05) is 0 Å². The topological polar surface area (TPSA) is 6.48 Å². The van der Waals surface area contributed by atoms with Gasteiger partial charge in [-0.2, -0.15) is 0 Å². The van der Waals surface area contributed by atoms with Crippen LogP contribution < -0.4 is 0 Å². The number of hydrogen-bond donors (Lipinski definition) is 0. The van der Waals surface area contributed by atoms with Crippen LogP contribution in [-0.4, -0.2) is 29.5 Å². The summed E-state index contributed by atoms with van der Waals surface area (Å²) in [5.74, 6) is 0. The third-order valence-electron chi connectivity index (χ3n) is 3.73. The van der Waals surface area contributed by atoms with E-state index in [1.54, 1.807) is 0 Å². The van der Waals surface area contributed by atoms with E-state index in [9.17, 15) is 0 Å². The van der Waals surface area contributed by atoms with E-state index in [0.717, 1.165) is 0 Å². The van der Waals surface area contributed by atoms with Gasteiger partial charge in [-0.3, -0.25) is 0 Å². The Bertz CT molecular complexity index is 551. The monoisotopic (exact) mass is 398 g/mol. The third-order valence-corrected chi connectivity index (χ3v) is 4.61. The van der Waals surface area contributed by atoms with Gasteiger partial charge in [-0.15, -0.1) is 0 Å². The number of nitrogens with zero attached hydrogens (tertiary/aromatic N) is 2. The van der Waals surface area contributed by atoms with Gasteiger partial charge in [-0.05, 0) is 52.7 Å². The molecule has 134 valence electrons. The normalized spacial score (nSPS) is 11.9. The van der Waals surface area contributed by atoms with E-state index in [4.69, 9.17) is 49.7 Å². The Labute approximate surface area is 168 Å². The van der Waals surface area contributed by atoms with Crippen molar-refractivity contribution in [2.75, 3.05) is 0 Å². The molecule has 24 heavy (non-hydrogen) atoms. The zero-order valence-electron chi connectivity index (χ0n) is 15.3. The van der Waals surface area contributed by atoms with Gasteiger partial charge in [0, 0.05) is 24.2 Å². The molecule has 0 fully saturated rings. The Morgan fingerprint density at radius 1 is 0.833 bits per heavy atom. The molecule has 0 atom stereocenters. The summed E-state index contributed by atoms with van der Waals surface area (Å²) in [4.78, 5) is 4.13. The first-order valence-corrected chi connectivity index (χ1v) is 9.50. The lowest BCUT2D eigenvalue weighted by molar-refractivity contribution is 0.235. The van der Waals surface area contributed by atoms with Gasteiger partial charge in [0.1, 0.15) is 0 Å². The molecule has 0 radical (unpaired) electrons. The number of benzene rings is 1. The molecule has 0 spiro atoms. The standard InChI is InChI=1S/C18H28N2S4/c1-17(2,3)19(15(21)22)11-13-8-7-9-14(10-13)12-20(16(23)24)18(4,5)6/h7-10H,11-12H2,1-6H3,(H,21,22)(H,23,24)/p-2. The third kappa shape index (κ3) is 6.39. The summed E-state index contributed by atoms with van der Waals surface area (Å²) in [6.07, 6.45) is 0. The zero-order valence-corrected chi connectivity index (χ0v) is 18.5. The van der Waals surface area contributed by atoms with Crippen LogP contribution in [0.4, 0.5) is 0 Å². The molecule has 0 saturated carbocycles. The number of hydrogen-bond acceptors (Lipinski definition) is 4. The molecule has 0 aliphatic heterocycles. The van der Waals surface area contributed by atoms with Gasteiger partial charge < -0.3 is 59.5 Å². The van der Waals surface area contributed by atoms with E-state index < -0.39 is 0 Å². The van der Waals surface area contributed by atoms with Gasteiger partial charge in [0.25, 0.3) is 0 Å². The summed E-state index contributed by atoms with van der Waals surface area (Å²) in [5.41, 5.74) is 2.15. The molecule has 0 aliphatic rings. The highest BCUT2D eigenvalue weighted by molar-refractivity contribution is 8.00. The summed E-state index contributed by atoms with van der Waals surface area (Å²) in [6.45, 7) is 14.1. The van der Waals surface area contributed by atoms with Crippen molar-refractivity contribution in [2.45, 2.75) is 65.7 Å². The van der Waals surface area contributed by atoms with Crippen molar-refractivity contribution in [1.29, 1.82) is 0 Å². The molecule has 0 amide bonds. The van der Waals surface area contributed by atoms with Crippen LogP contribution in [0.3, 0.4) is 0 Å². The fourth-order valence-electron chi connectivity index (χ4n) is 2.34. The Balaban J connectivity index is 3.02. The van der Waals surface area contributed by atoms with Crippen molar-refractivity contribution >= 4 is 58.3 Å².